The fourth-order valence-corrected chi connectivity index (χ4v) is 1.99. The molecule has 0 aliphatic carbocycles. The molecule has 1 N–H and O–H groups in total. The van der Waals surface area contributed by atoms with Crippen LogP contribution in [-0.4, -0.2) is 17.6 Å². The zero-order valence-corrected chi connectivity index (χ0v) is 13.5. The lowest BCUT2D eigenvalue weighted by Gasteiger charge is -2.06. The Labute approximate surface area is 125 Å². The van der Waals surface area contributed by atoms with E-state index in [2.05, 4.69) is 4.98 Å². The van der Waals surface area contributed by atoms with E-state index in [1.165, 1.54) is 0 Å². The number of esters is 1. The molecule has 4 heteroatoms. The van der Waals surface area contributed by atoms with Crippen LogP contribution in [0.3, 0.4) is 0 Å². The normalized spacial score (nSPS) is 10.3. The zero-order chi connectivity index (χ0) is 15.3. The lowest BCUT2D eigenvalue weighted by molar-refractivity contribution is 0.0452. The van der Waals surface area contributed by atoms with Crippen molar-refractivity contribution in [2.75, 3.05) is 6.61 Å². The molecule has 0 radical (unpaired) electrons. The van der Waals surface area contributed by atoms with E-state index in [1.807, 2.05) is 46.8 Å². The number of nitrogens with one attached hydrogen (secondary N) is 1. The van der Waals surface area contributed by atoms with Crippen LogP contribution in [0.1, 0.15) is 43.7 Å². The number of halogens is 1. The molecule has 0 unspecified atom stereocenters. The molecule has 0 saturated carbocycles. The van der Waals surface area contributed by atoms with Crippen LogP contribution in [0.4, 0.5) is 0 Å². The Morgan fingerprint density at radius 3 is 2.60 bits per heavy atom. The third kappa shape index (κ3) is 3.76. The van der Waals surface area contributed by atoms with Crippen molar-refractivity contribution in [3.05, 3.63) is 34.5 Å². The third-order valence-corrected chi connectivity index (χ3v) is 3.01. The summed E-state index contributed by atoms with van der Waals surface area (Å²) in [5, 5.41) is 1.62. The van der Waals surface area contributed by atoms with E-state index < -0.39 is 0 Å². The minimum absolute atomic E-state index is 0.312. The molecule has 0 aliphatic heterocycles. The molecule has 0 amide bonds. The Bertz CT molecular complexity index is 587. The monoisotopic (exact) mass is 295 g/mol. The van der Waals surface area contributed by atoms with Gasteiger partial charge in [0, 0.05) is 15.9 Å². The lowest BCUT2D eigenvalue weighted by Crippen LogP contribution is -2.11. The van der Waals surface area contributed by atoms with Crippen LogP contribution in [0.25, 0.3) is 10.9 Å². The molecule has 20 heavy (non-hydrogen) atoms. The number of rotatable bonds is 3. The topological polar surface area (TPSA) is 42.1 Å². The van der Waals surface area contributed by atoms with Crippen molar-refractivity contribution in [2.24, 2.45) is 5.92 Å². The maximum absolute atomic E-state index is 11.9. The first-order valence-electron chi connectivity index (χ1n) is 6.94. The molecule has 0 bridgehead atoms. The average molecular weight is 296 g/mol. The van der Waals surface area contributed by atoms with Crippen molar-refractivity contribution in [1.29, 1.82) is 0 Å². The average Bonchev–Trinajstić information content (AvgIpc) is 2.76. The Morgan fingerprint density at radius 2 is 2.00 bits per heavy atom. The number of benzene rings is 1. The molecule has 2 rings (SSSR count). The fourth-order valence-electron chi connectivity index (χ4n) is 1.82. The molecular formula is C16H22ClNO2. The molecule has 1 heterocycles. The first kappa shape index (κ1) is 16.6. The van der Waals surface area contributed by atoms with Gasteiger partial charge in [0.05, 0.1) is 6.61 Å². The van der Waals surface area contributed by atoms with E-state index in [-0.39, 0.29) is 5.97 Å². The van der Waals surface area contributed by atoms with Gasteiger partial charge >= 0.3 is 5.97 Å². The van der Waals surface area contributed by atoms with E-state index in [4.69, 9.17) is 16.3 Å². The number of aromatic amines is 1. The quantitative estimate of drug-likeness (QED) is 0.812. The number of aromatic nitrogens is 1. The molecule has 0 aliphatic rings. The summed E-state index contributed by atoms with van der Waals surface area (Å²) in [4.78, 5) is 15.0. The summed E-state index contributed by atoms with van der Waals surface area (Å²) in [7, 11) is 0. The van der Waals surface area contributed by atoms with Crippen LogP contribution in [0.5, 0.6) is 0 Å². The molecular weight excluding hydrogens is 274 g/mol. The van der Waals surface area contributed by atoms with Crippen LogP contribution in [0.15, 0.2) is 18.2 Å². The number of fused-ring (bicyclic) bond motifs is 1. The van der Waals surface area contributed by atoms with E-state index in [1.54, 1.807) is 6.07 Å². The molecule has 2 aromatic rings. The van der Waals surface area contributed by atoms with E-state index in [9.17, 15) is 4.79 Å². The van der Waals surface area contributed by atoms with Gasteiger partial charge in [-0.15, -0.1) is 0 Å². The predicted molar refractivity (Wildman–Crippen MR) is 84.5 cm³/mol. The van der Waals surface area contributed by atoms with Gasteiger partial charge in [0.1, 0.15) is 5.69 Å². The highest BCUT2D eigenvalue weighted by atomic mass is 35.5. The highest BCUT2D eigenvalue weighted by molar-refractivity contribution is 6.31. The molecule has 0 saturated heterocycles. The molecule has 1 aromatic heterocycles. The third-order valence-electron chi connectivity index (χ3n) is 2.77. The summed E-state index contributed by atoms with van der Waals surface area (Å²) in [6.07, 6.45) is 0. The van der Waals surface area contributed by atoms with Gasteiger partial charge in [-0.25, -0.2) is 4.79 Å². The maximum atomic E-state index is 11.9. The summed E-state index contributed by atoms with van der Waals surface area (Å²) in [5.41, 5.74) is 2.28. The van der Waals surface area contributed by atoms with Crippen LogP contribution < -0.4 is 0 Å². The summed E-state index contributed by atoms with van der Waals surface area (Å²) in [6, 6.07) is 5.51. The second-order valence-electron chi connectivity index (χ2n) is 4.81. The number of carbonyl (C=O) groups excluding carboxylic acids is 1. The van der Waals surface area contributed by atoms with Gasteiger partial charge in [0.15, 0.2) is 0 Å². The van der Waals surface area contributed by atoms with Crippen molar-refractivity contribution in [3.8, 4) is 0 Å². The number of aryl methyl sites for hydroxylation is 1. The number of ether oxygens (including phenoxy) is 1. The predicted octanol–water partition coefficient (Wildman–Crippen LogP) is 4.97. The van der Waals surface area contributed by atoms with Crippen LogP contribution >= 0.6 is 11.6 Å². The van der Waals surface area contributed by atoms with Crippen molar-refractivity contribution in [1.82, 2.24) is 4.98 Å². The second-order valence-corrected chi connectivity index (χ2v) is 5.24. The Kier molecular flexibility index (Phi) is 6.08. The molecule has 1 aromatic carbocycles. The number of carbonyl (C=O) groups is 1. The van der Waals surface area contributed by atoms with Gasteiger partial charge in [0.2, 0.25) is 0 Å². The van der Waals surface area contributed by atoms with Gasteiger partial charge in [-0.2, -0.15) is 0 Å². The number of hydrogen-bond donors (Lipinski definition) is 1. The van der Waals surface area contributed by atoms with Crippen LogP contribution in [0, 0.1) is 12.8 Å². The van der Waals surface area contributed by atoms with Gasteiger partial charge in [0.25, 0.3) is 0 Å². The second kappa shape index (κ2) is 7.34. The first-order valence-corrected chi connectivity index (χ1v) is 7.31. The smallest absolute Gasteiger partial charge is 0.355 e. The SMILES string of the molecule is CC.Cc1c(C(=O)OCC(C)C)[nH]c2ccc(Cl)cc12. The number of H-pyrrole nitrogens is 1. The molecule has 3 nitrogen and oxygen atoms in total. The first-order chi connectivity index (χ1) is 9.49. The Hall–Kier alpha value is -1.48. The zero-order valence-electron chi connectivity index (χ0n) is 12.7. The summed E-state index contributed by atoms with van der Waals surface area (Å²) in [6.45, 7) is 10.3. The Morgan fingerprint density at radius 1 is 1.35 bits per heavy atom. The minimum Gasteiger partial charge on any atom is -0.461 e. The molecule has 0 spiro atoms. The van der Waals surface area contributed by atoms with Crippen molar-refractivity contribution < 1.29 is 9.53 Å². The highest BCUT2D eigenvalue weighted by Gasteiger charge is 2.16. The standard InChI is InChI=1S/C14H16ClNO2.C2H6/c1-8(2)7-18-14(17)13-9(3)11-6-10(15)4-5-12(11)16-13;1-2/h4-6,8,16H,7H2,1-3H3;1-2H3. The van der Waals surface area contributed by atoms with Gasteiger partial charge in [-0.1, -0.05) is 39.3 Å². The minimum atomic E-state index is -0.312. The van der Waals surface area contributed by atoms with Crippen LogP contribution in [0.2, 0.25) is 5.02 Å². The van der Waals surface area contributed by atoms with Crippen molar-refractivity contribution in [2.45, 2.75) is 34.6 Å². The fraction of sp³-hybridized carbons (Fsp3) is 0.438. The maximum Gasteiger partial charge on any atom is 0.355 e. The lowest BCUT2D eigenvalue weighted by atomic mass is 10.1. The summed E-state index contributed by atoms with van der Waals surface area (Å²) >= 11 is 5.95. The van der Waals surface area contributed by atoms with Gasteiger partial charge in [-0.05, 0) is 36.6 Å². The van der Waals surface area contributed by atoms with Crippen molar-refractivity contribution >= 4 is 28.5 Å². The molecule has 0 fully saturated rings. The summed E-state index contributed by atoms with van der Waals surface area (Å²) < 4.78 is 5.23. The van der Waals surface area contributed by atoms with E-state index in [0.29, 0.717) is 23.2 Å². The summed E-state index contributed by atoms with van der Waals surface area (Å²) in [5.74, 6) is 0.0154. The highest BCUT2D eigenvalue weighted by Crippen LogP contribution is 2.25. The molecule has 0 atom stereocenters. The Balaban J connectivity index is 0.000000956. The van der Waals surface area contributed by atoms with Crippen LogP contribution in [-0.2, 0) is 4.74 Å². The number of hydrogen-bond acceptors (Lipinski definition) is 2. The van der Waals surface area contributed by atoms with E-state index >= 15 is 0 Å². The van der Waals surface area contributed by atoms with Gasteiger partial charge in [-0.3, -0.25) is 0 Å². The largest absolute Gasteiger partial charge is 0.461 e. The van der Waals surface area contributed by atoms with Gasteiger partial charge < -0.3 is 9.72 Å². The van der Waals surface area contributed by atoms with E-state index in [0.717, 1.165) is 16.5 Å². The molecule has 110 valence electrons. The van der Waals surface area contributed by atoms with Crippen molar-refractivity contribution in [3.63, 3.8) is 0 Å².